The van der Waals surface area contributed by atoms with Gasteiger partial charge >= 0.3 is 0 Å². The van der Waals surface area contributed by atoms with E-state index in [0.29, 0.717) is 6.42 Å². The van der Waals surface area contributed by atoms with E-state index in [-0.39, 0.29) is 18.2 Å². The molecule has 2 heterocycles. The van der Waals surface area contributed by atoms with Crippen LogP contribution >= 0.6 is 0 Å². The van der Waals surface area contributed by atoms with Crippen LogP contribution in [0.2, 0.25) is 0 Å². The Hall–Kier alpha value is -2.36. The molecule has 3 nitrogen and oxygen atoms in total. The number of aliphatic hydroxyl groups is 1. The van der Waals surface area contributed by atoms with Crippen LogP contribution in [0.1, 0.15) is 61.1 Å². The molecule has 158 valence electrons. The van der Waals surface area contributed by atoms with Gasteiger partial charge in [-0.2, -0.15) is 0 Å². The van der Waals surface area contributed by atoms with E-state index in [1.54, 1.807) is 0 Å². The molecule has 2 aliphatic rings. The van der Waals surface area contributed by atoms with Crippen molar-refractivity contribution in [3.63, 3.8) is 0 Å². The van der Waals surface area contributed by atoms with Gasteiger partial charge in [-0.25, -0.2) is 0 Å². The molecule has 3 heteroatoms. The molecule has 1 N–H and O–H groups in total. The van der Waals surface area contributed by atoms with Crippen LogP contribution < -0.4 is 0 Å². The molecular formula is C27H33NO2. The summed E-state index contributed by atoms with van der Waals surface area (Å²) in [6, 6.07) is 15.6. The average molecular weight is 404 g/mol. The molecule has 0 aromatic heterocycles. The van der Waals surface area contributed by atoms with Crippen LogP contribution in [0.15, 0.2) is 60.8 Å². The fourth-order valence-electron chi connectivity index (χ4n) is 5.09. The average Bonchev–Trinajstić information content (AvgIpc) is 2.66. The molecule has 0 aliphatic carbocycles. The summed E-state index contributed by atoms with van der Waals surface area (Å²) in [5.41, 5.74) is 7.24. The zero-order valence-corrected chi connectivity index (χ0v) is 18.7. The Morgan fingerprint density at radius 1 is 1.13 bits per heavy atom. The summed E-state index contributed by atoms with van der Waals surface area (Å²) in [6.45, 7) is 11.1. The minimum atomic E-state index is -0.420. The number of aliphatic hydroxyl groups excluding tert-OH is 1. The first-order valence-corrected chi connectivity index (χ1v) is 10.9. The van der Waals surface area contributed by atoms with Crippen LogP contribution in [0, 0.1) is 13.8 Å². The lowest BCUT2D eigenvalue weighted by Gasteiger charge is -2.47. The molecule has 0 saturated heterocycles. The Balaban J connectivity index is 1.71. The van der Waals surface area contributed by atoms with Crippen molar-refractivity contribution in [2.24, 2.45) is 0 Å². The van der Waals surface area contributed by atoms with Crippen molar-refractivity contribution < 1.29 is 9.84 Å². The summed E-state index contributed by atoms with van der Waals surface area (Å²) in [7, 11) is 0. The number of rotatable bonds is 5. The highest BCUT2D eigenvalue weighted by Crippen LogP contribution is 2.44. The maximum absolute atomic E-state index is 9.79. The van der Waals surface area contributed by atoms with Gasteiger partial charge in [-0.15, -0.1) is 0 Å². The van der Waals surface area contributed by atoms with E-state index in [1.807, 2.05) is 6.92 Å². The molecule has 4 atom stereocenters. The predicted octanol–water partition coefficient (Wildman–Crippen LogP) is 5.66. The van der Waals surface area contributed by atoms with E-state index in [2.05, 4.69) is 93.4 Å². The van der Waals surface area contributed by atoms with Crippen molar-refractivity contribution in [1.29, 1.82) is 0 Å². The number of benzene rings is 2. The molecular weight excluding hydrogens is 370 g/mol. The molecule has 0 bridgehead atoms. The summed E-state index contributed by atoms with van der Waals surface area (Å²) in [5.74, 6) is 0. The van der Waals surface area contributed by atoms with Crippen LogP contribution in [-0.4, -0.2) is 28.8 Å². The number of hydrogen-bond acceptors (Lipinski definition) is 3. The van der Waals surface area contributed by atoms with Crippen molar-refractivity contribution in [2.75, 3.05) is 6.54 Å². The summed E-state index contributed by atoms with van der Waals surface area (Å²) in [5, 5.41) is 9.79. The van der Waals surface area contributed by atoms with Crippen LogP contribution in [0.4, 0.5) is 0 Å². The lowest BCUT2D eigenvalue weighted by molar-refractivity contribution is -0.112. The second-order valence-corrected chi connectivity index (χ2v) is 9.26. The third kappa shape index (κ3) is 4.10. The van der Waals surface area contributed by atoms with Gasteiger partial charge in [0.1, 0.15) is 5.60 Å². The topological polar surface area (TPSA) is 32.7 Å². The van der Waals surface area contributed by atoms with Gasteiger partial charge in [-0.3, -0.25) is 0 Å². The SMILES string of the molecule is Cc1cc(C)cc(C2=CC3c4ccccc4C(C)(OC(C)CC(C)O)CN3C=C2)c1. The molecule has 2 aromatic rings. The first kappa shape index (κ1) is 20.9. The highest BCUT2D eigenvalue weighted by molar-refractivity contribution is 5.76. The molecule has 2 aliphatic heterocycles. The molecule has 0 saturated carbocycles. The Morgan fingerprint density at radius 3 is 2.53 bits per heavy atom. The maximum Gasteiger partial charge on any atom is 0.108 e. The van der Waals surface area contributed by atoms with Crippen molar-refractivity contribution in [2.45, 2.75) is 64.9 Å². The molecule has 0 fully saturated rings. The molecule has 0 spiro atoms. The predicted molar refractivity (Wildman–Crippen MR) is 123 cm³/mol. The van der Waals surface area contributed by atoms with Crippen LogP contribution in [0.5, 0.6) is 0 Å². The standard InChI is InChI=1S/C27H33NO2/c1-18-12-19(2)14-23(13-18)22-10-11-28-17-27(5,30-21(4)15-20(3)29)25-9-7-6-8-24(25)26(28)16-22/h6-14,16,20-21,26,29H,15,17H2,1-5H3. The van der Waals surface area contributed by atoms with E-state index in [0.717, 1.165) is 6.54 Å². The highest BCUT2D eigenvalue weighted by Gasteiger charge is 2.41. The maximum atomic E-state index is 9.79. The number of hydrogen-bond donors (Lipinski definition) is 1. The molecule has 2 aromatic carbocycles. The highest BCUT2D eigenvalue weighted by atomic mass is 16.5. The third-order valence-corrected chi connectivity index (χ3v) is 6.16. The lowest BCUT2D eigenvalue weighted by Crippen LogP contribution is -2.47. The number of nitrogens with zero attached hydrogens (tertiary/aromatic N) is 1. The Labute approximate surface area is 180 Å². The van der Waals surface area contributed by atoms with Gasteiger partial charge in [0.05, 0.1) is 24.8 Å². The molecule has 0 amide bonds. The minimum Gasteiger partial charge on any atom is -0.393 e. The van der Waals surface area contributed by atoms with Crippen molar-refractivity contribution >= 4 is 5.57 Å². The molecule has 30 heavy (non-hydrogen) atoms. The molecule has 4 rings (SSSR count). The summed E-state index contributed by atoms with van der Waals surface area (Å²) in [4.78, 5) is 2.38. The first-order valence-electron chi connectivity index (χ1n) is 10.9. The van der Waals surface area contributed by atoms with Crippen LogP contribution in [-0.2, 0) is 10.3 Å². The number of allylic oxidation sites excluding steroid dienone is 2. The zero-order valence-electron chi connectivity index (χ0n) is 18.7. The minimum absolute atomic E-state index is 0.0188. The smallest absolute Gasteiger partial charge is 0.108 e. The van der Waals surface area contributed by atoms with Crippen LogP contribution in [0.25, 0.3) is 5.57 Å². The first-order chi connectivity index (χ1) is 14.2. The van der Waals surface area contributed by atoms with E-state index in [1.165, 1.54) is 33.4 Å². The van der Waals surface area contributed by atoms with Crippen molar-refractivity contribution in [1.82, 2.24) is 4.90 Å². The quantitative estimate of drug-likeness (QED) is 0.699. The van der Waals surface area contributed by atoms with Crippen LogP contribution in [0.3, 0.4) is 0 Å². The van der Waals surface area contributed by atoms with Gasteiger partial charge in [0.15, 0.2) is 0 Å². The van der Waals surface area contributed by atoms with E-state index in [4.69, 9.17) is 4.74 Å². The van der Waals surface area contributed by atoms with Gasteiger partial charge in [-0.05, 0) is 75.5 Å². The lowest BCUT2D eigenvalue weighted by atomic mass is 9.80. The van der Waals surface area contributed by atoms with Gasteiger partial charge in [-0.1, -0.05) is 53.6 Å². The third-order valence-electron chi connectivity index (χ3n) is 6.16. The second kappa shape index (κ2) is 8.05. The Morgan fingerprint density at radius 2 is 1.83 bits per heavy atom. The van der Waals surface area contributed by atoms with E-state index in [9.17, 15) is 5.11 Å². The van der Waals surface area contributed by atoms with E-state index >= 15 is 0 Å². The monoisotopic (exact) mass is 403 g/mol. The molecule has 4 unspecified atom stereocenters. The summed E-state index contributed by atoms with van der Waals surface area (Å²) in [6.07, 6.45) is 7.06. The van der Waals surface area contributed by atoms with Crippen molar-refractivity contribution in [3.05, 3.63) is 88.6 Å². The molecule has 0 radical (unpaired) electrons. The number of ether oxygens (including phenoxy) is 1. The Kier molecular flexibility index (Phi) is 5.61. The van der Waals surface area contributed by atoms with E-state index < -0.39 is 5.60 Å². The largest absolute Gasteiger partial charge is 0.393 e. The van der Waals surface area contributed by atoms with Crippen molar-refractivity contribution in [3.8, 4) is 0 Å². The van der Waals surface area contributed by atoms with Gasteiger partial charge in [0.2, 0.25) is 0 Å². The number of fused-ring (bicyclic) bond motifs is 3. The second-order valence-electron chi connectivity index (χ2n) is 9.26. The summed E-state index contributed by atoms with van der Waals surface area (Å²) < 4.78 is 6.55. The normalized spacial score (nSPS) is 24.7. The fraction of sp³-hybridized carbons (Fsp3) is 0.407. The van der Waals surface area contributed by atoms with Gasteiger partial charge in [0.25, 0.3) is 0 Å². The fourth-order valence-corrected chi connectivity index (χ4v) is 5.09. The zero-order chi connectivity index (χ0) is 21.5. The van der Waals surface area contributed by atoms with Gasteiger partial charge < -0.3 is 14.7 Å². The summed E-state index contributed by atoms with van der Waals surface area (Å²) >= 11 is 0. The van der Waals surface area contributed by atoms with Gasteiger partial charge in [0, 0.05) is 6.20 Å². The Bertz CT molecular complexity index is 970. The number of aryl methyl sites for hydroxylation is 2.